The Kier molecular flexibility index (Phi) is 3.13. The topological polar surface area (TPSA) is 20.2 Å². The number of aliphatic hydroxyl groups is 1. The average Bonchev–Trinajstić information content (AvgIpc) is 2.04. The van der Waals surface area contributed by atoms with E-state index in [9.17, 15) is 5.11 Å². The smallest absolute Gasteiger partial charge is 0.0546 e. The third-order valence-corrected chi connectivity index (χ3v) is 2.69. The number of aliphatic hydroxyl groups excluding tert-OH is 1. The summed E-state index contributed by atoms with van der Waals surface area (Å²) >= 11 is 0. The molecule has 0 saturated carbocycles. The molecule has 0 aromatic carbocycles. The van der Waals surface area contributed by atoms with Gasteiger partial charge in [0.15, 0.2) is 0 Å². The molecule has 11 heavy (non-hydrogen) atoms. The average molecular weight is 154 g/mol. The fraction of sp³-hybridized carbons (Fsp3) is 0.800. The molecule has 1 nitrogen and oxygen atoms in total. The molecular weight excluding hydrogens is 136 g/mol. The Hall–Kier alpha value is -0.300. The number of rotatable bonds is 2. The minimum Gasteiger partial charge on any atom is -0.393 e. The van der Waals surface area contributed by atoms with Crippen LogP contribution in [0.4, 0.5) is 0 Å². The summed E-state index contributed by atoms with van der Waals surface area (Å²) in [7, 11) is 0. The summed E-state index contributed by atoms with van der Waals surface area (Å²) in [4.78, 5) is 0. The zero-order valence-corrected chi connectivity index (χ0v) is 7.46. The van der Waals surface area contributed by atoms with E-state index in [0.29, 0.717) is 11.8 Å². The molecule has 1 aliphatic carbocycles. The molecule has 1 N–H and O–H groups in total. The van der Waals surface area contributed by atoms with Crippen molar-refractivity contribution in [2.75, 3.05) is 0 Å². The van der Waals surface area contributed by atoms with Crippen LogP contribution in [0.2, 0.25) is 0 Å². The van der Waals surface area contributed by atoms with Crippen LogP contribution in [0.25, 0.3) is 0 Å². The number of allylic oxidation sites excluding steroid dienone is 2. The van der Waals surface area contributed by atoms with E-state index < -0.39 is 0 Å². The van der Waals surface area contributed by atoms with E-state index in [1.807, 2.05) is 6.92 Å². The molecule has 0 aromatic heterocycles. The van der Waals surface area contributed by atoms with Gasteiger partial charge in [-0.15, -0.1) is 0 Å². The van der Waals surface area contributed by atoms with Crippen molar-refractivity contribution in [1.29, 1.82) is 0 Å². The molecule has 3 unspecified atom stereocenters. The normalized spacial score (nSPS) is 33.7. The van der Waals surface area contributed by atoms with E-state index in [-0.39, 0.29) is 6.10 Å². The third-order valence-electron chi connectivity index (χ3n) is 2.69. The van der Waals surface area contributed by atoms with Gasteiger partial charge in [0.2, 0.25) is 0 Å². The predicted octanol–water partition coefficient (Wildman–Crippen LogP) is 2.36. The van der Waals surface area contributed by atoms with E-state index >= 15 is 0 Å². The van der Waals surface area contributed by atoms with Gasteiger partial charge in [-0.05, 0) is 38.0 Å². The highest BCUT2D eigenvalue weighted by Crippen LogP contribution is 2.29. The second-order valence-corrected chi connectivity index (χ2v) is 3.48. The molecule has 1 rings (SSSR count). The molecule has 0 amide bonds. The van der Waals surface area contributed by atoms with Crippen LogP contribution in [0.5, 0.6) is 0 Å². The molecule has 0 radical (unpaired) electrons. The van der Waals surface area contributed by atoms with Gasteiger partial charge < -0.3 is 5.11 Å². The molecule has 64 valence electrons. The van der Waals surface area contributed by atoms with Crippen molar-refractivity contribution in [2.24, 2.45) is 11.8 Å². The summed E-state index contributed by atoms with van der Waals surface area (Å²) in [6, 6.07) is 0. The van der Waals surface area contributed by atoms with Gasteiger partial charge in [0.1, 0.15) is 0 Å². The minimum absolute atomic E-state index is 0.134. The highest BCUT2D eigenvalue weighted by Gasteiger charge is 2.23. The van der Waals surface area contributed by atoms with Gasteiger partial charge in [0.05, 0.1) is 6.10 Å². The monoisotopic (exact) mass is 154 g/mol. The second kappa shape index (κ2) is 3.91. The Morgan fingerprint density at radius 2 is 2.36 bits per heavy atom. The van der Waals surface area contributed by atoms with E-state index in [1.165, 1.54) is 0 Å². The Labute approximate surface area is 69.1 Å². The Morgan fingerprint density at radius 1 is 1.64 bits per heavy atom. The first-order valence-corrected chi connectivity index (χ1v) is 4.60. The van der Waals surface area contributed by atoms with Crippen LogP contribution in [0.15, 0.2) is 12.2 Å². The quantitative estimate of drug-likeness (QED) is 0.605. The van der Waals surface area contributed by atoms with Gasteiger partial charge in [-0.25, -0.2) is 0 Å². The van der Waals surface area contributed by atoms with E-state index in [4.69, 9.17) is 0 Å². The molecule has 1 aliphatic rings. The van der Waals surface area contributed by atoms with Gasteiger partial charge in [-0.3, -0.25) is 0 Å². The SMILES string of the molecule is CCC1C=CCCC1C(C)O. The maximum atomic E-state index is 9.44. The maximum absolute atomic E-state index is 9.44. The fourth-order valence-corrected chi connectivity index (χ4v) is 1.95. The summed E-state index contributed by atoms with van der Waals surface area (Å²) in [5.41, 5.74) is 0. The zero-order chi connectivity index (χ0) is 8.27. The highest BCUT2D eigenvalue weighted by molar-refractivity contribution is 4.97. The van der Waals surface area contributed by atoms with Gasteiger partial charge in [0, 0.05) is 0 Å². The van der Waals surface area contributed by atoms with Crippen molar-refractivity contribution in [1.82, 2.24) is 0 Å². The first-order valence-electron chi connectivity index (χ1n) is 4.60. The molecule has 0 bridgehead atoms. The van der Waals surface area contributed by atoms with Crippen LogP contribution in [0, 0.1) is 11.8 Å². The molecule has 1 heteroatoms. The lowest BCUT2D eigenvalue weighted by Crippen LogP contribution is -2.25. The third kappa shape index (κ3) is 2.06. The second-order valence-electron chi connectivity index (χ2n) is 3.48. The molecule has 0 heterocycles. The lowest BCUT2D eigenvalue weighted by atomic mass is 9.79. The Bertz CT molecular complexity index is 138. The van der Waals surface area contributed by atoms with Crippen LogP contribution in [-0.4, -0.2) is 11.2 Å². The summed E-state index contributed by atoms with van der Waals surface area (Å²) in [6.45, 7) is 4.10. The van der Waals surface area contributed by atoms with Gasteiger partial charge in [0.25, 0.3) is 0 Å². The van der Waals surface area contributed by atoms with Crippen LogP contribution in [-0.2, 0) is 0 Å². The summed E-state index contributed by atoms with van der Waals surface area (Å²) in [5.74, 6) is 1.12. The zero-order valence-electron chi connectivity index (χ0n) is 7.46. The predicted molar refractivity (Wildman–Crippen MR) is 47.3 cm³/mol. The summed E-state index contributed by atoms with van der Waals surface area (Å²) in [6.07, 6.45) is 7.84. The maximum Gasteiger partial charge on any atom is 0.0546 e. The molecule has 3 atom stereocenters. The van der Waals surface area contributed by atoms with Crippen molar-refractivity contribution < 1.29 is 5.11 Å². The highest BCUT2D eigenvalue weighted by atomic mass is 16.3. The molecule has 0 aromatic rings. The van der Waals surface area contributed by atoms with Crippen molar-refractivity contribution >= 4 is 0 Å². The summed E-state index contributed by atoms with van der Waals surface area (Å²) in [5, 5.41) is 9.44. The Balaban J connectivity index is 2.56. The fourth-order valence-electron chi connectivity index (χ4n) is 1.95. The van der Waals surface area contributed by atoms with Crippen molar-refractivity contribution in [2.45, 2.75) is 39.2 Å². The van der Waals surface area contributed by atoms with Crippen molar-refractivity contribution in [3.05, 3.63) is 12.2 Å². The van der Waals surface area contributed by atoms with Crippen LogP contribution < -0.4 is 0 Å². The lowest BCUT2D eigenvalue weighted by Gasteiger charge is -2.28. The standard InChI is InChI=1S/C10H18O/c1-3-9-6-4-5-7-10(9)8(2)11/h4,6,8-11H,3,5,7H2,1-2H3. The van der Waals surface area contributed by atoms with Crippen LogP contribution >= 0.6 is 0 Å². The molecule has 0 fully saturated rings. The van der Waals surface area contributed by atoms with Crippen molar-refractivity contribution in [3.8, 4) is 0 Å². The largest absolute Gasteiger partial charge is 0.393 e. The molecule has 0 aliphatic heterocycles. The summed E-state index contributed by atoms with van der Waals surface area (Å²) < 4.78 is 0. The first kappa shape index (κ1) is 8.79. The van der Waals surface area contributed by atoms with Gasteiger partial charge >= 0.3 is 0 Å². The Morgan fingerprint density at radius 3 is 2.82 bits per heavy atom. The van der Waals surface area contributed by atoms with Gasteiger partial charge in [-0.1, -0.05) is 19.1 Å². The lowest BCUT2D eigenvalue weighted by molar-refractivity contribution is 0.0907. The van der Waals surface area contributed by atoms with Crippen LogP contribution in [0.3, 0.4) is 0 Å². The molecule has 0 saturated heterocycles. The first-order chi connectivity index (χ1) is 5.25. The van der Waals surface area contributed by atoms with E-state index in [2.05, 4.69) is 19.1 Å². The number of hydrogen-bond acceptors (Lipinski definition) is 1. The molecule has 0 spiro atoms. The van der Waals surface area contributed by atoms with Crippen molar-refractivity contribution in [3.63, 3.8) is 0 Å². The van der Waals surface area contributed by atoms with Crippen LogP contribution in [0.1, 0.15) is 33.1 Å². The number of hydrogen-bond donors (Lipinski definition) is 1. The minimum atomic E-state index is -0.134. The van der Waals surface area contributed by atoms with Gasteiger partial charge in [-0.2, -0.15) is 0 Å². The van der Waals surface area contributed by atoms with E-state index in [0.717, 1.165) is 19.3 Å². The molecular formula is C10H18O. The van der Waals surface area contributed by atoms with E-state index in [1.54, 1.807) is 0 Å².